The number of para-hydroxylation sites is 1. The van der Waals surface area contributed by atoms with E-state index in [1.165, 1.54) is 47.7 Å². The van der Waals surface area contributed by atoms with E-state index >= 15 is 0 Å². The number of Topliss-reactive ketones (excluding diaryl/α,β-unsaturated/α-hetero) is 1. The van der Waals surface area contributed by atoms with Gasteiger partial charge in [0.2, 0.25) is 0 Å². The van der Waals surface area contributed by atoms with Gasteiger partial charge in [0, 0.05) is 103 Å². The number of ketones is 1. The molecule has 2 aliphatic rings. The van der Waals surface area contributed by atoms with Crippen LogP contribution in [0.5, 0.6) is 11.5 Å². The Hall–Kier alpha value is -9.65. The Balaban J connectivity index is 0.000000120. The second-order valence-electron chi connectivity index (χ2n) is 18.7. The average Bonchev–Trinajstić information content (AvgIpc) is 3.99. The molecule has 1 saturated carbocycles. The number of carbonyl (C=O) groups excluding carboxylic acids is 1. The zero-order chi connectivity index (χ0) is 53.0. The summed E-state index contributed by atoms with van der Waals surface area (Å²) < 4.78 is 16.5. The molecule has 0 atom stereocenters. The zero-order valence-corrected chi connectivity index (χ0v) is 43.5. The minimum Gasteiger partial charge on any atom is -0.504 e. The lowest BCUT2D eigenvalue weighted by Gasteiger charge is -2.28. The summed E-state index contributed by atoms with van der Waals surface area (Å²) in [5.41, 5.74) is 9.96. The lowest BCUT2D eigenvalue weighted by atomic mass is 10.1. The highest BCUT2D eigenvalue weighted by Crippen LogP contribution is 2.34. The topological polar surface area (TPSA) is 186 Å². The second-order valence-corrected chi connectivity index (χ2v) is 19.8. The van der Waals surface area contributed by atoms with E-state index in [-0.39, 0.29) is 11.5 Å². The molecule has 12 aromatic rings. The quantitative estimate of drug-likeness (QED) is 0.0847. The number of phenolic OH excluding ortho intramolecular Hbond substituents is 1. The predicted octanol–water partition coefficient (Wildman–Crippen LogP) is 12.2. The Labute approximate surface area is 452 Å². The molecule has 2 fully saturated rings. The standard InChI is InChI=1S/C26H23N5O.C18H14N4OS.C16H16N4O2/c1-2-4-20-17-21(6-5-19(20)3-1)24-18-31-12-11-27-26(31)25(29-24)28-22-7-9-23(10-8-22)30-13-15-32-16-14-30;1-12(23)15-7-8-16(24-15)14-11-22-10-9-19-18(22)17(21-14)20-13-5-3-2-4-6-13;1-22-14-8-10(2-5-13(14)21)12-9-20-7-6-17-16(20)15(19-12)18-11-3-4-11/h1-12,17-18H,13-16H2,(H,28,29);2-11H,1H3,(H,20,21);2,5-9,11,21H,3-4H2,1H3,(H,18,19). The van der Waals surface area contributed by atoms with E-state index in [0.29, 0.717) is 17.6 Å². The number of thiophene rings is 1. The molecule has 5 aromatic carbocycles. The van der Waals surface area contributed by atoms with Crippen molar-refractivity contribution in [2.45, 2.75) is 25.8 Å². The molecule has 7 aromatic heterocycles. The molecule has 0 bridgehead atoms. The van der Waals surface area contributed by atoms with Gasteiger partial charge in [-0.2, -0.15) is 0 Å². The fourth-order valence-corrected chi connectivity index (χ4v) is 9.96. The van der Waals surface area contributed by atoms with Crippen LogP contribution >= 0.6 is 11.3 Å². The molecule has 0 spiro atoms. The van der Waals surface area contributed by atoms with Crippen molar-refractivity contribution in [3.8, 4) is 44.6 Å². The van der Waals surface area contributed by atoms with Crippen molar-refractivity contribution < 1.29 is 19.4 Å². The van der Waals surface area contributed by atoms with Crippen molar-refractivity contribution in [1.82, 2.24) is 43.1 Å². The SMILES string of the molecule is CC(=O)c1ccc(-c2cn3ccnc3c(Nc3ccccc3)n2)s1.COc1cc(-c2cn3ccnc3c(NC3CC3)n2)ccc1O.c1ccc2cc(-c3cn4ccnc4c(Nc4ccc(N5CCOCC5)cc4)n3)ccc2c1. The summed E-state index contributed by atoms with van der Waals surface area (Å²) in [7, 11) is 1.53. The summed E-state index contributed by atoms with van der Waals surface area (Å²) in [5, 5.41) is 22.4. The Morgan fingerprint density at radius 3 is 1.82 bits per heavy atom. The molecule has 1 aliphatic heterocycles. The summed E-state index contributed by atoms with van der Waals surface area (Å²) in [4.78, 5) is 43.1. The van der Waals surface area contributed by atoms with Crippen LogP contribution < -0.4 is 25.6 Å². The number of nitrogens with one attached hydrogen (secondary N) is 3. The van der Waals surface area contributed by atoms with Crippen molar-refractivity contribution in [2.75, 3.05) is 54.3 Å². The Kier molecular flexibility index (Phi) is 13.8. The third-order valence-corrected chi connectivity index (χ3v) is 14.5. The smallest absolute Gasteiger partial charge is 0.180 e. The van der Waals surface area contributed by atoms with Gasteiger partial charge < -0.3 is 48.6 Å². The Morgan fingerprint density at radius 2 is 1.19 bits per heavy atom. The molecule has 388 valence electrons. The number of fused-ring (bicyclic) bond motifs is 4. The largest absolute Gasteiger partial charge is 0.504 e. The van der Waals surface area contributed by atoms with Crippen molar-refractivity contribution in [2.24, 2.45) is 0 Å². The van der Waals surface area contributed by atoms with Gasteiger partial charge in [0.05, 0.1) is 47.2 Å². The van der Waals surface area contributed by atoms with E-state index in [2.05, 4.69) is 103 Å². The van der Waals surface area contributed by atoms with Crippen molar-refractivity contribution in [3.05, 3.63) is 188 Å². The third-order valence-electron chi connectivity index (χ3n) is 13.3. The number of hydrogen-bond donors (Lipinski definition) is 4. The number of ether oxygens (including phenoxy) is 2. The highest BCUT2D eigenvalue weighted by Gasteiger charge is 2.24. The summed E-state index contributed by atoms with van der Waals surface area (Å²) in [6, 6.07) is 42.6. The maximum atomic E-state index is 11.5. The summed E-state index contributed by atoms with van der Waals surface area (Å²) in [5.74, 6) is 2.82. The molecule has 17 nitrogen and oxygen atoms in total. The van der Waals surface area contributed by atoms with Crippen molar-refractivity contribution >= 4 is 79.3 Å². The van der Waals surface area contributed by atoms with Crippen LogP contribution in [0.25, 0.3) is 60.8 Å². The van der Waals surface area contributed by atoms with E-state index in [1.54, 1.807) is 37.6 Å². The molecule has 0 unspecified atom stereocenters. The molecule has 18 heteroatoms. The van der Waals surface area contributed by atoms with Crippen LogP contribution in [-0.2, 0) is 4.74 Å². The van der Waals surface area contributed by atoms with Gasteiger partial charge in [-0.25, -0.2) is 29.9 Å². The van der Waals surface area contributed by atoms with Crippen LogP contribution in [0.2, 0.25) is 0 Å². The summed E-state index contributed by atoms with van der Waals surface area (Å²) in [6.07, 6.45) is 19.3. The molecule has 0 amide bonds. The van der Waals surface area contributed by atoms with Crippen LogP contribution in [0, 0.1) is 0 Å². The molecule has 14 rings (SSSR count). The van der Waals surface area contributed by atoms with Gasteiger partial charge >= 0.3 is 0 Å². The zero-order valence-electron chi connectivity index (χ0n) is 42.7. The maximum Gasteiger partial charge on any atom is 0.180 e. The molecular weight excluding hydrogens is 999 g/mol. The Bertz CT molecular complexity index is 4070. The second kappa shape index (κ2) is 21.9. The number of carbonyl (C=O) groups is 1. The number of anilines is 6. The number of methoxy groups -OCH3 is 1. The van der Waals surface area contributed by atoms with E-state index in [4.69, 9.17) is 24.4 Å². The van der Waals surface area contributed by atoms with Gasteiger partial charge in [-0.1, -0.05) is 54.6 Å². The molecule has 78 heavy (non-hydrogen) atoms. The highest BCUT2D eigenvalue weighted by molar-refractivity contribution is 7.17. The molecule has 1 aliphatic carbocycles. The van der Waals surface area contributed by atoms with Crippen LogP contribution in [0.15, 0.2) is 183 Å². The van der Waals surface area contributed by atoms with E-state index in [0.717, 1.165) is 104 Å². The average molecular weight is 1050 g/mol. The predicted molar refractivity (Wildman–Crippen MR) is 308 cm³/mol. The number of aromatic hydroxyl groups is 1. The van der Waals surface area contributed by atoms with Crippen molar-refractivity contribution in [1.29, 1.82) is 0 Å². The van der Waals surface area contributed by atoms with Crippen LogP contribution in [0.3, 0.4) is 0 Å². The third kappa shape index (κ3) is 10.9. The van der Waals surface area contributed by atoms with Crippen LogP contribution in [0.1, 0.15) is 29.4 Å². The normalized spacial score (nSPS) is 13.2. The minimum atomic E-state index is 0.0672. The number of hydrogen-bond acceptors (Lipinski definition) is 15. The molecule has 0 radical (unpaired) electrons. The lowest BCUT2D eigenvalue weighted by Crippen LogP contribution is -2.36. The van der Waals surface area contributed by atoms with Gasteiger partial charge in [0.25, 0.3) is 0 Å². The molecule has 4 N–H and O–H groups in total. The number of morpholine rings is 1. The first-order chi connectivity index (χ1) is 38.3. The van der Waals surface area contributed by atoms with Gasteiger partial charge in [-0.05, 0) is 103 Å². The first-order valence-electron chi connectivity index (χ1n) is 25.6. The highest BCUT2D eigenvalue weighted by atomic mass is 32.1. The lowest BCUT2D eigenvalue weighted by molar-refractivity contribution is 0.102. The van der Waals surface area contributed by atoms with E-state index < -0.39 is 0 Å². The monoisotopic (exact) mass is 1050 g/mol. The molecular formula is C60H53N13O4S. The summed E-state index contributed by atoms with van der Waals surface area (Å²) >= 11 is 1.45. The molecule has 8 heterocycles. The minimum absolute atomic E-state index is 0.0672. The maximum absolute atomic E-state index is 11.5. The van der Waals surface area contributed by atoms with Gasteiger partial charge in [-0.15, -0.1) is 11.3 Å². The number of phenols is 1. The van der Waals surface area contributed by atoms with E-state index in [1.807, 2.05) is 98.9 Å². The van der Waals surface area contributed by atoms with Gasteiger partial charge in [0.15, 0.2) is 51.7 Å². The number of aromatic nitrogens is 9. The summed E-state index contributed by atoms with van der Waals surface area (Å²) in [6.45, 7) is 4.99. The van der Waals surface area contributed by atoms with Crippen LogP contribution in [-0.4, -0.2) is 93.5 Å². The van der Waals surface area contributed by atoms with Crippen LogP contribution in [0.4, 0.5) is 34.5 Å². The fraction of sp³-hybridized carbons (Fsp3) is 0.150. The first-order valence-corrected chi connectivity index (χ1v) is 26.4. The number of benzene rings is 5. The van der Waals surface area contributed by atoms with E-state index in [9.17, 15) is 9.90 Å². The number of imidazole rings is 3. The number of rotatable bonds is 12. The molecule has 1 saturated heterocycles. The van der Waals surface area contributed by atoms with Crippen molar-refractivity contribution in [3.63, 3.8) is 0 Å². The fourth-order valence-electron chi connectivity index (χ4n) is 9.10. The first kappa shape index (κ1) is 49.2. The van der Waals surface area contributed by atoms with Gasteiger partial charge in [0.1, 0.15) is 0 Å². The van der Waals surface area contributed by atoms with Gasteiger partial charge in [-0.3, -0.25) is 4.79 Å². The number of nitrogens with zero attached hydrogens (tertiary/aromatic N) is 10. The Morgan fingerprint density at radius 1 is 0.628 bits per heavy atom.